The van der Waals surface area contributed by atoms with Crippen molar-refractivity contribution in [2.45, 2.75) is 12.6 Å². The van der Waals surface area contributed by atoms with Crippen molar-refractivity contribution in [1.29, 1.82) is 0 Å². The summed E-state index contributed by atoms with van der Waals surface area (Å²) in [6.07, 6.45) is 1.72. The summed E-state index contributed by atoms with van der Waals surface area (Å²) in [6.45, 7) is 1.48. The number of fused-ring (bicyclic) bond motifs is 1. The predicted octanol–water partition coefficient (Wildman–Crippen LogP) is 2.38. The van der Waals surface area contributed by atoms with Gasteiger partial charge in [0.1, 0.15) is 5.67 Å². The number of aromatic nitrogens is 1. The summed E-state index contributed by atoms with van der Waals surface area (Å²) in [4.78, 5) is 4.18. The maximum Gasteiger partial charge on any atom is 0.145 e. The first-order valence-corrected chi connectivity index (χ1v) is 4.88. The monoisotopic (exact) mass is 204 g/mol. The predicted molar refractivity (Wildman–Crippen MR) is 59.3 cm³/mol. The van der Waals surface area contributed by atoms with Crippen molar-refractivity contribution in [1.82, 2.24) is 4.98 Å². The fourth-order valence-corrected chi connectivity index (χ4v) is 1.52. The number of alkyl halides is 1. The van der Waals surface area contributed by atoms with Crippen molar-refractivity contribution < 1.29 is 4.39 Å². The van der Waals surface area contributed by atoms with E-state index in [0.29, 0.717) is 5.56 Å². The first-order chi connectivity index (χ1) is 7.13. The van der Waals surface area contributed by atoms with Crippen LogP contribution in [0.3, 0.4) is 0 Å². The van der Waals surface area contributed by atoms with E-state index in [2.05, 4.69) is 4.98 Å². The van der Waals surface area contributed by atoms with Crippen LogP contribution in [0.2, 0.25) is 0 Å². The summed E-state index contributed by atoms with van der Waals surface area (Å²) in [5, 5.41) is 0.937. The molecule has 2 rings (SSSR count). The number of hydrogen-bond acceptors (Lipinski definition) is 2. The topological polar surface area (TPSA) is 38.9 Å². The molecule has 0 saturated heterocycles. The summed E-state index contributed by atoms with van der Waals surface area (Å²) < 4.78 is 13.9. The van der Waals surface area contributed by atoms with Crippen LogP contribution < -0.4 is 5.73 Å². The molecule has 1 heterocycles. The SMILES string of the molecule is CC(F)(CN)c1ccc2ncccc2c1. The zero-order valence-electron chi connectivity index (χ0n) is 8.57. The highest BCUT2D eigenvalue weighted by atomic mass is 19.1. The number of pyridine rings is 1. The van der Waals surface area contributed by atoms with E-state index in [1.165, 1.54) is 6.92 Å². The van der Waals surface area contributed by atoms with Gasteiger partial charge in [0, 0.05) is 18.1 Å². The average Bonchev–Trinajstić information content (AvgIpc) is 2.28. The van der Waals surface area contributed by atoms with Crippen LogP contribution >= 0.6 is 0 Å². The minimum Gasteiger partial charge on any atom is -0.327 e. The molecule has 1 aromatic carbocycles. The molecule has 78 valence electrons. The van der Waals surface area contributed by atoms with E-state index < -0.39 is 5.67 Å². The standard InChI is InChI=1S/C12H13FN2/c1-12(13,8-14)10-4-5-11-9(7-10)3-2-6-15-11/h2-7H,8,14H2,1H3. The van der Waals surface area contributed by atoms with Gasteiger partial charge in [0.05, 0.1) is 5.52 Å². The Kier molecular flexibility index (Phi) is 2.40. The molecule has 1 atom stereocenters. The van der Waals surface area contributed by atoms with Crippen molar-refractivity contribution in [3.05, 3.63) is 42.1 Å². The van der Waals surface area contributed by atoms with Gasteiger partial charge in [-0.2, -0.15) is 0 Å². The molecule has 0 aliphatic carbocycles. The Morgan fingerprint density at radius 1 is 1.40 bits per heavy atom. The van der Waals surface area contributed by atoms with E-state index in [9.17, 15) is 4.39 Å². The van der Waals surface area contributed by atoms with Gasteiger partial charge >= 0.3 is 0 Å². The second-order valence-electron chi connectivity index (χ2n) is 3.81. The molecule has 15 heavy (non-hydrogen) atoms. The molecule has 3 heteroatoms. The summed E-state index contributed by atoms with van der Waals surface area (Å²) in [6, 6.07) is 9.11. The molecule has 0 spiro atoms. The third kappa shape index (κ3) is 1.83. The molecule has 0 bridgehead atoms. The molecule has 0 saturated carbocycles. The lowest BCUT2D eigenvalue weighted by atomic mass is 9.96. The third-order valence-electron chi connectivity index (χ3n) is 2.59. The molecule has 1 aromatic heterocycles. The number of halogens is 1. The molecule has 0 radical (unpaired) electrons. The van der Waals surface area contributed by atoms with Crippen LogP contribution in [0.4, 0.5) is 4.39 Å². The van der Waals surface area contributed by atoms with Crippen molar-refractivity contribution in [3.8, 4) is 0 Å². The van der Waals surface area contributed by atoms with Gasteiger partial charge in [0.2, 0.25) is 0 Å². The molecule has 0 aliphatic rings. The first-order valence-electron chi connectivity index (χ1n) is 4.88. The second-order valence-corrected chi connectivity index (χ2v) is 3.81. The van der Waals surface area contributed by atoms with Crippen LogP contribution in [-0.2, 0) is 5.67 Å². The number of benzene rings is 1. The van der Waals surface area contributed by atoms with Gasteiger partial charge in [-0.1, -0.05) is 12.1 Å². The summed E-state index contributed by atoms with van der Waals surface area (Å²) >= 11 is 0. The van der Waals surface area contributed by atoms with E-state index in [1.54, 1.807) is 18.3 Å². The fourth-order valence-electron chi connectivity index (χ4n) is 1.52. The summed E-state index contributed by atoms with van der Waals surface area (Å²) in [7, 11) is 0. The third-order valence-corrected chi connectivity index (χ3v) is 2.59. The molecule has 0 amide bonds. The zero-order valence-corrected chi connectivity index (χ0v) is 8.57. The van der Waals surface area contributed by atoms with E-state index in [0.717, 1.165) is 10.9 Å². The lowest BCUT2D eigenvalue weighted by Crippen LogP contribution is -2.26. The maximum absolute atomic E-state index is 13.9. The molecular weight excluding hydrogens is 191 g/mol. The number of nitrogens with two attached hydrogens (primary N) is 1. The van der Waals surface area contributed by atoms with Gasteiger partial charge in [-0.15, -0.1) is 0 Å². The average molecular weight is 204 g/mol. The van der Waals surface area contributed by atoms with Gasteiger partial charge in [-0.25, -0.2) is 4.39 Å². The Morgan fingerprint density at radius 2 is 2.20 bits per heavy atom. The highest BCUT2D eigenvalue weighted by Gasteiger charge is 2.23. The van der Waals surface area contributed by atoms with Gasteiger partial charge in [-0.3, -0.25) is 4.98 Å². The van der Waals surface area contributed by atoms with E-state index >= 15 is 0 Å². The second kappa shape index (κ2) is 3.59. The van der Waals surface area contributed by atoms with Crippen molar-refractivity contribution in [2.75, 3.05) is 6.54 Å². The van der Waals surface area contributed by atoms with Gasteiger partial charge in [-0.05, 0) is 30.7 Å². The van der Waals surface area contributed by atoms with E-state index in [1.807, 2.05) is 18.2 Å². The highest BCUT2D eigenvalue weighted by molar-refractivity contribution is 5.79. The molecule has 0 aliphatic heterocycles. The maximum atomic E-state index is 13.9. The van der Waals surface area contributed by atoms with Crippen LogP contribution in [0, 0.1) is 0 Å². The van der Waals surface area contributed by atoms with Crippen molar-refractivity contribution >= 4 is 10.9 Å². The van der Waals surface area contributed by atoms with Gasteiger partial charge < -0.3 is 5.73 Å². The fraction of sp³-hybridized carbons (Fsp3) is 0.250. The summed E-state index contributed by atoms with van der Waals surface area (Å²) in [5.74, 6) is 0. The Morgan fingerprint density at radius 3 is 2.93 bits per heavy atom. The highest BCUT2D eigenvalue weighted by Crippen LogP contribution is 2.26. The smallest absolute Gasteiger partial charge is 0.145 e. The van der Waals surface area contributed by atoms with E-state index in [-0.39, 0.29) is 6.54 Å². The molecule has 2 N–H and O–H groups in total. The van der Waals surface area contributed by atoms with Crippen LogP contribution in [0.15, 0.2) is 36.5 Å². The number of hydrogen-bond donors (Lipinski definition) is 1. The Labute approximate surface area is 87.9 Å². The van der Waals surface area contributed by atoms with Crippen molar-refractivity contribution in [2.24, 2.45) is 5.73 Å². The lowest BCUT2D eigenvalue weighted by molar-refractivity contribution is 0.203. The molecule has 2 aromatic rings. The minimum absolute atomic E-state index is 0.0151. The van der Waals surface area contributed by atoms with Crippen LogP contribution in [0.5, 0.6) is 0 Å². The minimum atomic E-state index is -1.47. The van der Waals surface area contributed by atoms with E-state index in [4.69, 9.17) is 5.73 Å². The van der Waals surface area contributed by atoms with Crippen molar-refractivity contribution in [3.63, 3.8) is 0 Å². The Balaban J connectivity index is 2.56. The molecule has 2 nitrogen and oxygen atoms in total. The summed E-state index contributed by atoms with van der Waals surface area (Å²) in [5.41, 5.74) is 5.40. The molecule has 0 fully saturated rings. The quantitative estimate of drug-likeness (QED) is 0.815. The molecular formula is C12H13FN2. The number of nitrogens with zero attached hydrogens (tertiary/aromatic N) is 1. The van der Waals surface area contributed by atoms with Crippen LogP contribution in [-0.4, -0.2) is 11.5 Å². The Bertz CT molecular complexity index is 480. The van der Waals surface area contributed by atoms with Crippen LogP contribution in [0.25, 0.3) is 10.9 Å². The largest absolute Gasteiger partial charge is 0.327 e. The van der Waals surface area contributed by atoms with Crippen LogP contribution in [0.1, 0.15) is 12.5 Å². The zero-order chi connectivity index (χ0) is 10.9. The molecule has 1 unspecified atom stereocenters. The first kappa shape index (κ1) is 10.1. The van der Waals surface area contributed by atoms with Gasteiger partial charge in [0.25, 0.3) is 0 Å². The van der Waals surface area contributed by atoms with Gasteiger partial charge in [0.15, 0.2) is 0 Å². The lowest BCUT2D eigenvalue weighted by Gasteiger charge is -2.18. The number of rotatable bonds is 2. The normalized spacial score (nSPS) is 15.1. The Hall–Kier alpha value is -1.48.